The highest BCUT2D eigenvalue weighted by Crippen LogP contribution is 2.40. The van der Waals surface area contributed by atoms with E-state index in [1.807, 2.05) is 0 Å². The number of carbonyl (C=O) groups is 2. The van der Waals surface area contributed by atoms with Gasteiger partial charge in [0, 0.05) is 30.5 Å². The van der Waals surface area contributed by atoms with Crippen molar-refractivity contribution in [1.82, 2.24) is 0 Å². The zero-order valence-electron chi connectivity index (χ0n) is 28.6. The van der Waals surface area contributed by atoms with Crippen molar-refractivity contribution in [2.24, 2.45) is 0 Å². The lowest BCUT2D eigenvalue weighted by atomic mass is 9.98. The van der Waals surface area contributed by atoms with Gasteiger partial charge in [0.2, 0.25) is 23.6 Å². The van der Waals surface area contributed by atoms with Crippen molar-refractivity contribution < 1.29 is 72.4 Å². The molecule has 1 aromatic heterocycles. The number of carbonyl (C=O) groups excluding carboxylic acids is 2. The van der Waals surface area contributed by atoms with Crippen molar-refractivity contribution >= 4 is 22.9 Å². The van der Waals surface area contributed by atoms with E-state index >= 15 is 0 Å². The fraction of sp³-hybridized carbons (Fsp3) is 0.256. The number of hydrogen-bond acceptors (Lipinski definition) is 14. The van der Waals surface area contributed by atoms with Crippen molar-refractivity contribution in [3.8, 4) is 40.1 Å². The van der Waals surface area contributed by atoms with Crippen LogP contribution in [0.2, 0.25) is 0 Å². The standard InChI is InChI=1S/C39H34F2O14/c40-22-8-1-19(2-9-22)5-13-30(46)54-37-33(48)29(18-42)53-39(38(37)55-31(47)14-6-20-3-10-23(41)11-4-20)52-27-15-21(7-12-25(27)44)36-35(50)34(49)32-26(45)16-24(43)17-28(32)51-36/h1-4,7-12,15-17,29,33,37-39,42-45,48,50H,5-6,13-14,18H2/t29-,33-,37+,38-,39-/m1/s1. The predicted molar refractivity (Wildman–Crippen MR) is 186 cm³/mol. The van der Waals surface area contributed by atoms with Crippen LogP contribution in [0.4, 0.5) is 8.78 Å². The Bertz CT molecular complexity index is 2240. The van der Waals surface area contributed by atoms with Crippen LogP contribution in [0.15, 0.2) is 88.1 Å². The van der Waals surface area contributed by atoms with E-state index in [4.69, 9.17) is 23.4 Å². The minimum atomic E-state index is -1.79. The molecule has 1 aliphatic rings. The highest BCUT2D eigenvalue weighted by atomic mass is 19.1. The number of hydrogen-bond donors (Lipinski definition) is 6. The Morgan fingerprint density at radius 2 is 1.33 bits per heavy atom. The minimum Gasteiger partial charge on any atom is -0.508 e. The summed E-state index contributed by atoms with van der Waals surface area (Å²) in [5, 5.41) is 62.5. The quantitative estimate of drug-likeness (QED) is 0.0985. The molecule has 0 amide bonds. The maximum absolute atomic E-state index is 13.4. The fourth-order valence-electron chi connectivity index (χ4n) is 5.96. The number of aliphatic hydroxyl groups excluding tert-OH is 2. The first kappa shape index (κ1) is 38.5. The summed E-state index contributed by atoms with van der Waals surface area (Å²) in [5.41, 5.74) is -0.222. The van der Waals surface area contributed by atoms with Gasteiger partial charge in [-0.1, -0.05) is 24.3 Å². The largest absolute Gasteiger partial charge is 0.508 e. The number of halogens is 2. The molecule has 4 aromatic carbocycles. The van der Waals surface area contributed by atoms with Crippen molar-refractivity contribution in [3.05, 3.63) is 112 Å². The van der Waals surface area contributed by atoms with Crippen molar-refractivity contribution in [2.75, 3.05) is 6.61 Å². The molecule has 0 unspecified atom stereocenters. The van der Waals surface area contributed by atoms with Gasteiger partial charge in [-0.2, -0.15) is 0 Å². The van der Waals surface area contributed by atoms with Gasteiger partial charge in [-0.05, 0) is 66.4 Å². The van der Waals surface area contributed by atoms with Gasteiger partial charge in [0.05, 0.1) is 6.61 Å². The summed E-state index contributed by atoms with van der Waals surface area (Å²) in [7, 11) is 0. The van der Waals surface area contributed by atoms with E-state index in [2.05, 4.69) is 0 Å². The smallest absolute Gasteiger partial charge is 0.306 e. The van der Waals surface area contributed by atoms with Crippen LogP contribution in [0.25, 0.3) is 22.3 Å². The third-order valence-corrected chi connectivity index (χ3v) is 8.80. The average molecular weight is 765 g/mol. The van der Waals surface area contributed by atoms with E-state index in [0.29, 0.717) is 11.1 Å². The van der Waals surface area contributed by atoms with Gasteiger partial charge in [0.25, 0.3) is 0 Å². The summed E-state index contributed by atoms with van der Waals surface area (Å²) >= 11 is 0. The summed E-state index contributed by atoms with van der Waals surface area (Å²) in [6, 6.07) is 16.1. The number of aliphatic hydroxyl groups is 2. The predicted octanol–water partition coefficient (Wildman–Crippen LogP) is 4.11. The molecule has 55 heavy (non-hydrogen) atoms. The minimum absolute atomic E-state index is 0.0710. The molecule has 2 heterocycles. The number of rotatable bonds is 12. The molecule has 6 rings (SSSR count). The molecule has 1 fully saturated rings. The molecular weight excluding hydrogens is 730 g/mol. The number of phenols is 3. The summed E-state index contributed by atoms with van der Waals surface area (Å²) in [6.07, 6.45) is -8.82. The molecule has 1 saturated heterocycles. The Morgan fingerprint density at radius 3 is 1.91 bits per heavy atom. The van der Waals surface area contributed by atoms with Crippen LogP contribution in [-0.4, -0.2) is 79.9 Å². The second-order valence-electron chi connectivity index (χ2n) is 12.6. The summed E-state index contributed by atoms with van der Waals surface area (Å²) in [6.45, 7) is -0.836. The Kier molecular flexibility index (Phi) is 11.5. The summed E-state index contributed by atoms with van der Waals surface area (Å²) in [4.78, 5) is 39.3. The highest BCUT2D eigenvalue weighted by Gasteiger charge is 2.51. The first-order valence-electron chi connectivity index (χ1n) is 16.8. The maximum Gasteiger partial charge on any atom is 0.306 e. The first-order chi connectivity index (χ1) is 26.3. The molecule has 5 aromatic rings. The lowest BCUT2D eigenvalue weighted by molar-refractivity contribution is -0.286. The molecule has 16 heteroatoms. The Labute approximate surface area is 309 Å². The Morgan fingerprint density at radius 1 is 0.745 bits per heavy atom. The normalized spacial score (nSPS) is 19.5. The maximum atomic E-state index is 13.4. The van der Waals surface area contributed by atoms with E-state index in [1.165, 1.54) is 54.6 Å². The second kappa shape index (κ2) is 16.4. The fourth-order valence-corrected chi connectivity index (χ4v) is 5.96. The lowest BCUT2D eigenvalue weighted by Crippen LogP contribution is -2.62. The topological polar surface area (TPSA) is 223 Å². The number of ether oxygens (including phenoxy) is 4. The molecule has 6 N–H and O–H groups in total. The van der Waals surface area contributed by atoms with Crippen molar-refractivity contribution in [3.63, 3.8) is 0 Å². The number of aromatic hydroxyl groups is 4. The monoisotopic (exact) mass is 764 g/mol. The SMILES string of the molecule is O=C(CCc1ccc(F)cc1)O[C@H]1[C@H](Oc2cc(-c3oc4cc(O)cc(O)c4c(=O)c3O)ccc2O)O[C@H](CO)[C@@H](O)[C@@H]1OC(=O)CCc1ccc(F)cc1. The summed E-state index contributed by atoms with van der Waals surface area (Å²) < 4.78 is 55.5. The van der Waals surface area contributed by atoms with E-state index in [0.717, 1.165) is 24.3 Å². The van der Waals surface area contributed by atoms with Gasteiger partial charge >= 0.3 is 11.9 Å². The van der Waals surface area contributed by atoms with Gasteiger partial charge in [0.15, 0.2) is 23.4 Å². The van der Waals surface area contributed by atoms with Gasteiger partial charge in [-0.25, -0.2) is 8.78 Å². The van der Waals surface area contributed by atoms with Crippen molar-refractivity contribution in [1.29, 1.82) is 0 Å². The number of esters is 2. The van der Waals surface area contributed by atoms with Gasteiger partial charge in [-0.15, -0.1) is 0 Å². The lowest BCUT2D eigenvalue weighted by Gasteiger charge is -2.42. The zero-order chi connectivity index (χ0) is 39.4. The first-order valence-corrected chi connectivity index (χ1v) is 16.8. The van der Waals surface area contributed by atoms with E-state index in [-0.39, 0.29) is 36.8 Å². The van der Waals surface area contributed by atoms with Crippen LogP contribution in [0, 0.1) is 11.6 Å². The van der Waals surface area contributed by atoms with E-state index in [9.17, 15) is 53.8 Å². The van der Waals surface area contributed by atoms with Crippen LogP contribution < -0.4 is 10.2 Å². The molecule has 5 atom stereocenters. The van der Waals surface area contributed by atoms with Crippen LogP contribution in [0.3, 0.4) is 0 Å². The van der Waals surface area contributed by atoms with Gasteiger partial charge < -0.3 is 54.0 Å². The Balaban J connectivity index is 1.31. The second-order valence-corrected chi connectivity index (χ2v) is 12.6. The van der Waals surface area contributed by atoms with E-state index in [1.54, 1.807) is 0 Å². The number of aryl methyl sites for hydroxylation is 2. The molecule has 14 nitrogen and oxygen atoms in total. The molecule has 0 aliphatic carbocycles. The van der Waals surface area contributed by atoms with Crippen LogP contribution in [0.5, 0.6) is 28.7 Å². The van der Waals surface area contributed by atoms with Crippen LogP contribution in [-0.2, 0) is 36.6 Å². The zero-order valence-corrected chi connectivity index (χ0v) is 28.6. The molecule has 288 valence electrons. The third kappa shape index (κ3) is 8.78. The van der Waals surface area contributed by atoms with Crippen LogP contribution in [0.1, 0.15) is 24.0 Å². The van der Waals surface area contributed by atoms with Gasteiger partial charge in [-0.3, -0.25) is 14.4 Å². The van der Waals surface area contributed by atoms with E-state index < -0.39 is 106 Å². The molecular formula is C39H34F2O14. The van der Waals surface area contributed by atoms with Crippen molar-refractivity contribution in [2.45, 2.75) is 56.4 Å². The number of phenolic OH excluding ortho intramolecular Hbond substituents is 3. The molecule has 0 radical (unpaired) electrons. The number of benzene rings is 4. The summed E-state index contributed by atoms with van der Waals surface area (Å²) in [5.74, 6) is -6.19. The van der Waals surface area contributed by atoms with Gasteiger partial charge in [0.1, 0.15) is 46.3 Å². The Hall–Kier alpha value is -6.23. The molecule has 0 saturated carbocycles. The number of fused-ring (bicyclic) bond motifs is 1. The average Bonchev–Trinajstić information content (AvgIpc) is 3.15. The molecule has 1 aliphatic heterocycles. The third-order valence-electron chi connectivity index (χ3n) is 8.80. The highest BCUT2D eigenvalue weighted by molar-refractivity contribution is 5.88. The van der Waals surface area contributed by atoms with Crippen LogP contribution >= 0.6 is 0 Å². The molecule has 0 spiro atoms. The molecule has 0 bridgehead atoms.